The molecule has 0 aromatic carbocycles. The zero-order chi connectivity index (χ0) is 48.4. The molecule has 391 valence electrons. The minimum atomic E-state index is -0.833. The molecule has 9 nitrogen and oxygen atoms in total. The summed E-state index contributed by atoms with van der Waals surface area (Å²) in [6.07, 6.45) is 50.7. The predicted octanol–water partition coefficient (Wildman–Crippen LogP) is 15.3. The van der Waals surface area contributed by atoms with E-state index in [0.717, 1.165) is 44.9 Å². The third-order valence-corrected chi connectivity index (χ3v) is 13.4. The molecule has 0 aliphatic carbocycles. The van der Waals surface area contributed by atoms with Crippen molar-refractivity contribution in [3.63, 3.8) is 0 Å². The molecule has 0 saturated heterocycles. The van der Waals surface area contributed by atoms with E-state index in [-0.39, 0.29) is 25.1 Å². The molecular weight excluding hydrogens is 825 g/mol. The molecule has 0 aliphatic heterocycles. The van der Waals surface area contributed by atoms with Gasteiger partial charge in [0.2, 0.25) is 0 Å². The lowest BCUT2D eigenvalue weighted by Crippen LogP contribution is -2.42. The van der Waals surface area contributed by atoms with Gasteiger partial charge in [-0.2, -0.15) is 0 Å². The van der Waals surface area contributed by atoms with Gasteiger partial charge in [0.1, 0.15) is 18.8 Å². The van der Waals surface area contributed by atoms with Crippen molar-refractivity contribution in [2.24, 2.45) is 5.73 Å². The number of nitrogens with zero attached hydrogens (tertiary/aromatic N) is 1. The monoisotopic (exact) mass is 936 g/mol. The second-order valence-electron chi connectivity index (χ2n) is 20.1. The van der Waals surface area contributed by atoms with Crippen LogP contribution in [0, 0.1) is 6.92 Å². The van der Waals surface area contributed by atoms with Crippen molar-refractivity contribution in [3.05, 3.63) is 6.92 Å². The second kappa shape index (κ2) is 51.1. The average Bonchev–Trinajstić information content (AvgIpc) is 3.30. The molecule has 0 aliphatic rings. The SMILES string of the molecule is [CH2]C(O)CN(CCCCC(N)C(=O)OC)CC(COC(=O)CCCCCCCCCCCCCCCCCCCCC)OC(=O)CCCCCCCCCCCCCCCCCCCCC. The Kier molecular flexibility index (Phi) is 49.8. The van der Waals surface area contributed by atoms with Crippen LogP contribution in [0.2, 0.25) is 0 Å². The number of hydrogen-bond donors (Lipinski definition) is 2. The predicted molar refractivity (Wildman–Crippen MR) is 279 cm³/mol. The van der Waals surface area contributed by atoms with Crippen LogP contribution in [0.1, 0.15) is 290 Å². The van der Waals surface area contributed by atoms with Crippen molar-refractivity contribution in [1.29, 1.82) is 0 Å². The van der Waals surface area contributed by atoms with Crippen molar-refractivity contribution >= 4 is 17.9 Å². The van der Waals surface area contributed by atoms with Crippen LogP contribution in [0.5, 0.6) is 0 Å². The maximum Gasteiger partial charge on any atom is 0.322 e. The van der Waals surface area contributed by atoms with E-state index in [4.69, 9.17) is 19.9 Å². The quantitative estimate of drug-likeness (QED) is 0.0348. The van der Waals surface area contributed by atoms with Gasteiger partial charge in [-0.1, -0.05) is 251 Å². The highest BCUT2D eigenvalue weighted by Crippen LogP contribution is 2.18. The van der Waals surface area contributed by atoms with E-state index in [2.05, 4.69) is 20.8 Å². The van der Waals surface area contributed by atoms with Crippen molar-refractivity contribution in [2.45, 2.75) is 308 Å². The largest absolute Gasteiger partial charge is 0.468 e. The Morgan fingerprint density at radius 1 is 0.485 bits per heavy atom. The number of esters is 3. The molecule has 0 aromatic heterocycles. The average molecular weight is 937 g/mol. The molecule has 0 saturated carbocycles. The van der Waals surface area contributed by atoms with Crippen LogP contribution in [0.15, 0.2) is 0 Å². The number of aliphatic hydroxyl groups excluding tert-OH is 1. The van der Waals surface area contributed by atoms with Crippen LogP contribution in [0.4, 0.5) is 0 Å². The molecule has 3 atom stereocenters. The Morgan fingerprint density at radius 2 is 0.818 bits per heavy atom. The third kappa shape index (κ3) is 47.4. The van der Waals surface area contributed by atoms with Gasteiger partial charge < -0.3 is 25.1 Å². The van der Waals surface area contributed by atoms with Gasteiger partial charge in [0.15, 0.2) is 0 Å². The summed E-state index contributed by atoms with van der Waals surface area (Å²) < 4.78 is 16.4. The van der Waals surface area contributed by atoms with Gasteiger partial charge in [-0.3, -0.25) is 19.3 Å². The fourth-order valence-electron chi connectivity index (χ4n) is 9.13. The Labute approximate surface area is 409 Å². The summed E-state index contributed by atoms with van der Waals surface area (Å²) >= 11 is 0. The van der Waals surface area contributed by atoms with Gasteiger partial charge in [-0.25, -0.2) is 0 Å². The molecule has 66 heavy (non-hydrogen) atoms. The van der Waals surface area contributed by atoms with Crippen LogP contribution < -0.4 is 5.73 Å². The highest BCUT2D eigenvalue weighted by Gasteiger charge is 2.22. The number of unbranched alkanes of at least 4 members (excludes halogenated alkanes) is 37. The maximum atomic E-state index is 13.1. The van der Waals surface area contributed by atoms with E-state index >= 15 is 0 Å². The van der Waals surface area contributed by atoms with E-state index in [1.807, 2.05) is 4.90 Å². The third-order valence-electron chi connectivity index (χ3n) is 13.4. The summed E-state index contributed by atoms with van der Waals surface area (Å²) in [7, 11) is 1.33. The lowest BCUT2D eigenvalue weighted by molar-refractivity contribution is -0.160. The molecule has 3 unspecified atom stereocenters. The first-order chi connectivity index (χ1) is 32.2. The van der Waals surface area contributed by atoms with Gasteiger partial charge in [0, 0.05) is 25.9 Å². The van der Waals surface area contributed by atoms with E-state index < -0.39 is 24.2 Å². The first-order valence-electron chi connectivity index (χ1n) is 28.6. The Morgan fingerprint density at radius 3 is 1.15 bits per heavy atom. The van der Waals surface area contributed by atoms with Gasteiger partial charge >= 0.3 is 17.9 Å². The molecule has 1 radical (unpaired) electrons. The van der Waals surface area contributed by atoms with Crippen LogP contribution in [0.25, 0.3) is 0 Å². The fraction of sp³-hybridized carbons (Fsp3) is 0.930. The number of rotatable bonds is 53. The number of carbonyl (C=O) groups is 3. The lowest BCUT2D eigenvalue weighted by atomic mass is 10.0. The molecule has 0 bridgehead atoms. The van der Waals surface area contributed by atoms with Gasteiger partial charge in [-0.05, 0) is 39.2 Å². The fourth-order valence-corrected chi connectivity index (χ4v) is 9.13. The standard InChI is InChI=1S/C57H111N2O7/c1-5-7-9-11-13-15-17-19-21-23-25-27-29-31-33-35-37-39-41-46-55(61)65-51-53(50-59(49-52(3)60)48-44-43-45-54(58)57(63)64-4)66-56(62)47-42-40-38-36-34-32-30-28-26-24-22-20-18-16-14-12-10-8-6-2/h52-54,60H,3,5-51,58H2,1-2,4H3. The van der Waals surface area contributed by atoms with E-state index in [1.165, 1.54) is 213 Å². The number of aliphatic hydroxyl groups is 1. The maximum absolute atomic E-state index is 13.1. The van der Waals surface area contributed by atoms with E-state index in [9.17, 15) is 19.5 Å². The van der Waals surface area contributed by atoms with Gasteiger partial charge in [0.05, 0.1) is 13.2 Å². The van der Waals surface area contributed by atoms with Crippen LogP contribution in [-0.4, -0.2) is 79.5 Å². The summed E-state index contributed by atoms with van der Waals surface area (Å²) in [6, 6.07) is -0.673. The molecular formula is C57H111N2O7. The highest BCUT2D eigenvalue weighted by molar-refractivity contribution is 5.75. The minimum absolute atomic E-state index is 0.0140. The van der Waals surface area contributed by atoms with Crippen molar-refractivity contribution in [2.75, 3.05) is 33.4 Å². The zero-order valence-electron chi connectivity index (χ0n) is 44.1. The number of methoxy groups -OCH3 is 1. The molecule has 9 heteroatoms. The molecule has 0 heterocycles. The van der Waals surface area contributed by atoms with Crippen LogP contribution >= 0.6 is 0 Å². The lowest BCUT2D eigenvalue weighted by Gasteiger charge is -2.28. The van der Waals surface area contributed by atoms with Crippen LogP contribution in [0.3, 0.4) is 0 Å². The van der Waals surface area contributed by atoms with Crippen molar-refractivity contribution in [1.82, 2.24) is 4.90 Å². The number of hydrogen-bond acceptors (Lipinski definition) is 9. The first-order valence-corrected chi connectivity index (χ1v) is 28.6. The Hall–Kier alpha value is -1.71. The van der Waals surface area contributed by atoms with E-state index in [0.29, 0.717) is 38.8 Å². The number of ether oxygens (including phenoxy) is 3. The number of nitrogens with two attached hydrogens (primary N) is 1. The second-order valence-corrected chi connectivity index (χ2v) is 20.1. The summed E-state index contributed by atoms with van der Waals surface area (Å²) in [5, 5.41) is 10.2. The smallest absolute Gasteiger partial charge is 0.322 e. The summed E-state index contributed by atoms with van der Waals surface area (Å²) in [4.78, 5) is 39.6. The summed E-state index contributed by atoms with van der Waals surface area (Å²) in [5.41, 5.74) is 5.92. The minimum Gasteiger partial charge on any atom is -0.468 e. The highest BCUT2D eigenvalue weighted by atomic mass is 16.6. The van der Waals surface area contributed by atoms with Crippen LogP contribution in [-0.2, 0) is 28.6 Å². The van der Waals surface area contributed by atoms with Crippen molar-refractivity contribution in [3.8, 4) is 0 Å². The zero-order valence-corrected chi connectivity index (χ0v) is 44.1. The normalized spacial score (nSPS) is 13.0. The van der Waals surface area contributed by atoms with Gasteiger partial charge in [0.25, 0.3) is 0 Å². The van der Waals surface area contributed by atoms with Gasteiger partial charge in [-0.15, -0.1) is 0 Å². The summed E-state index contributed by atoms with van der Waals surface area (Å²) in [6.45, 7) is 9.49. The first kappa shape index (κ1) is 64.3. The Bertz CT molecular complexity index is 1040. The topological polar surface area (TPSA) is 128 Å². The molecule has 0 fully saturated rings. The number of carbonyl (C=O) groups excluding carboxylic acids is 3. The Balaban J connectivity index is 4.45. The molecule has 0 aromatic rings. The molecule has 0 rings (SSSR count). The molecule has 0 amide bonds. The van der Waals surface area contributed by atoms with E-state index in [1.54, 1.807) is 0 Å². The molecule has 3 N–H and O–H groups in total. The molecule has 0 spiro atoms. The van der Waals surface area contributed by atoms with Crippen molar-refractivity contribution < 1.29 is 33.7 Å². The summed E-state index contributed by atoms with van der Waals surface area (Å²) in [5.74, 6) is -0.970.